The molecule has 0 saturated carbocycles. The van der Waals surface area contributed by atoms with Crippen LogP contribution in [-0.2, 0) is 10.8 Å². The van der Waals surface area contributed by atoms with Gasteiger partial charge in [0.15, 0.2) is 0 Å². The lowest BCUT2D eigenvalue weighted by atomic mass is 9.79. The van der Waals surface area contributed by atoms with Crippen LogP contribution in [0, 0.1) is 6.92 Å². The van der Waals surface area contributed by atoms with E-state index in [1.54, 1.807) is 0 Å². The molecule has 0 unspecified atom stereocenters. The molecule has 2 aliphatic carbocycles. The van der Waals surface area contributed by atoms with Crippen LogP contribution in [0.3, 0.4) is 0 Å². The summed E-state index contributed by atoms with van der Waals surface area (Å²) < 4.78 is 0. The van der Waals surface area contributed by atoms with Crippen molar-refractivity contribution in [2.24, 2.45) is 0 Å². The molecule has 0 N–H and O–H groups in total. The Kier molecular flexibility index (Phi) is 6.10. The number of rotatable bonds is 3. The smallest absolute Gasteiger partial charge is 0.0159 e. The SMILES string of the molecule is Cc1cc(-c2ccc3c(c2)C(C)(C)c2ccccc2-3)c2ccc3c(-c4ccccc4)cc(-c4ccc5c(c4)C(C)(C)c4ccccc4-5)c4ccc1c2c34. The number of fused-ring (bicyclic) bond motifs is 6. The maximum Gasteiger partial charge on any atom is 0.0159 e. The van der Waals surface area contributed by atoms with Crippen molar-refractivity contribution in [1.82, 2.24) is 0 Å². The largest absolute Gasteiger partial charge is 0.0622 e. The summed E-state index contributed by atoms with van der Waals surface area (Å²) in [4.78, 5) is 0. The van der Waals surface area contributed by atoms with Gasteiger partial charge in [0.1, 0.15) is 0 Å². The van der Waals surface area contributed by atoms with Crippen LogP contribution in [-0.4, -0.2) is 0 Å². The van der Waals surface area contributed by atoms with Crippen molar-refractivity contribution in [2.45, 2.75) is 45.4 Å². The minimum absolute atomic E-state index is 0.0496. The molecule has 0 radical (unpaired) electrons. The zero-order valence-corrected chi connectivity index (χ0v) is 30.9. The summed E-state index contributed by atoms with van der Waals surface area (Å²) in [5, 5.41) is 8.00. The summed E-state index contributed by atoms with van der Waals surface area (Å²) in [6, 6.07) is 57.7. The fraction of sp³-hybridized carbons (Fsp3) is 0.132. The molecule has 0 nitrogen and oxygen atoms in total. The van der Waals surface area contributed by atoms with Gasteiger partial charge in [0, 0.05) is 10.8 Å². The van der Waals surface area contributed by atoms with Gasteiger partial charge in [-0.25, -0.2) is 0 Å². The van der Waals surface area contributed by atoms with E-state index in [0.29, 0.717) is 0 Å². The van der Waals surface area contributed by atoms with E-state index in [1.165, 1.54) is 116 Å². The van der Waals surface area contributed by atoms with E-state index in [2.05, 4.69) is 186 Å². The molecular formula is C53H40. The van der Waals surface area contributed by atoms with Crippen LogP contribution in [0.2, 0.25) is 0 Å². The van der Waals surface area contributed by atoms with Crippen molar-refractivity contribution in [3.8, 4) is 55.6 Å². The highest BCUT2D eigenvalue weighted by Crippen LogP contribution is 2.53. The Morgan fingerprint density at radius 3 is 1.26 bits per heavy atom. The fourth-order valence-electron chi connectivity index (χ4n) is 10.2. The van der Waals surface area contributed by atoms with Crippen molar-refractivity contribution < 1.29 is 0 Å². The highest BCUT2D eigenvalue weighted by molar-refractivity contribution is 6.30. The Morgan fingerprint density at radius 2 is 0.717 bits per heavy atom. The van der Waals surface area contributed by atoms with Gasteiger partial charge >= 0.3 is 0 Å². The summed E-state index contributed by atoms with van der Waals surface area (Å²) in [5.74, 6) is 0. The van der Waals surface area contributed by atoms with Crippen LogP contribution in [0.5, 0.6) is 0 Å². The molecule has 53 heavy (non-hydrogen) atoms. The lowest BCUT2D eigenvalue weighted by Crippen LogP contribution is -2.14. The number of hydrogen-bond donors (Lipinski definition) is 0. The van der Waals surface area contributed by atoms with Crippen LogP contribution in [0.1, 0.15) is 55.5 Å². The predicted octanol–water partition coefficient (Wildman–Crippen LogP) is 14.5. The molecule has 2 aliphatic rings. The Bertz CT molecular complexity index is 2990. The average molecular weight is 677 g/mol. The van der Waals surface area contributed by atoms with E-state index < -0.39 is 0 Å². The topological polar surface area (TPSA) is 0 Å². The van der Waals surface area contributed by atoms with E-state index in [0.717, 1.165) is 0 Å². The molecule has 11 rings (SSSR count). The second-order valence-electron chi connectivity index (χ2n) is 16.5. The number of benzene rings is 9. The molecule has 0 bridgehead atoms. The molecule has 0 heterocycles. The highest BCUT2D eigenvalue weighted by atomic mass is 14.4. The van der Waals surface area contributed by atoms with Gasteiger partial charge in [0.2, 0.25) is 0 Å². The molecule has 0 heteroatoms. The van der Waals surface area contributed by atoms with Crippen molar-refractivity contribution in [3.63, 3.8) is 0 Å². The minimum Gasteiger partial charge on any atom is -0.0622 e. The molecule has 0 atom stereocenters. The van der Waals surface area contributed by atoms with Gasteiger partial charge < -0.3 is 0 Å². The second-order valence-corrected chi connectivity index (χ2v) is 16.5. The van der Waals surface area contributed by atoms with Gasteiger partial charge in [-0.1, -0.05) is 161 Å². The molecule has 9 aromatic carbocycles. The first-order chi connectivity index (χ1) is 25.7. The molecule has 0 spiro atoms. The maximum atomic E-state index is 2.48. The van der Waals surface area contributed by atoms with Crippen molar-refractivity contribution >= 4 is 32.3 Å². The lowest BCUT2D eigenvalue weighted by molar-refractivity contribution is 0.660. The van der Waals surface area contributed by atoms with Crippen molar-refractivity contribution in [3.05, 3.63) is 179 Å². The third-order valence-corrected chi connectivity index (χ3v) is 13.0. The second kappa shape index (κ2) is 10.6. The fourth-order valence-corrected chi connectivity index (χ4v) is 10.2. The normalized spacial score (nSPS) is 14.8. The van der Waals surface area contributed by atoms with E-state index >= 15 is 0 Å². The molecule has 0 fully saturated rings. The minimum atomic E-state index is -0.0637. The van der Waals surface area contributed by atoms with Crippen molar-refractivity contribution in [1.29, 1.82) is 0 Å². The van der Waals surface area contributed by atoms with Gasteiger partial charge in [-0.05, 0) is 141 Å². The van der Waals surface area contributed by atoms with E-state index in [9.17, 15) is 0 Å². The first-order valence-electron chi connectivity index (χ1n) is 19.0. The summed E-state index contributed by atoms with van der Waals surface area (Å²) in [5.41, 5.74) is 20.0. The van der Waals surface area contributed by atoms with Gasteiger partial charge in [-0.2, -0.15) is 0 Å². The summed E-state index contributed by atoms with van der Waals surface area (Å²) >= 11 is 0. The Balaban J connectivity index is 1.19. The monoisotopic (exact) mass is 676 g/mol. The molecule has 0 aromatic heterocycles. The highest BCUT2D eigenvalue weighted by Gasteiger charge is 2.37. The van der Waals surface area contributed by atoms with Gasteiger partial charge in [0.25, 0.3) is 0 Å². The van der Waals surface area contributed by atoms with Gasteiger partial charge in [-0.15, -0.1) is 0 Å². The number of aryl methyl sites for hydroxylation is 1. The standard InChI is InChI=1S/C53H40/c1-31-27-43(33-19-21-38-36-15-9-11-17-46(36)52(2,3)48(38)28-33)40-25-26-41-44(32-13-7-6-8-14-32)30-45(42-24-23-35(31)50(40)51(41)42)34-20-22-39-37-16-10-12-18-47(37)53(4,5)49(39)29-34/h6-30H,1-5H3. The molecule has 9 aromatic rings. The third-order valence-electron chi connectivity index (χ3n) is 13.0. The molecule has 252 valence electrons. The third kappa shape index (κ3) is 4.07. The molecule has 0 saturated heterocycles. The van der Waals surface area contributed by atoms with E-state index in [1.807, 2.05) is 0 Å². The van der Waals surface area contributed by atoms with E-state index in [4.69, 9.17) is 0 Å². The average Bonchev–Trinajstić information content (AvgIpc) is 3.56. The van der Waals surface area contributed by atoms with Crippen LogP contribution >= 0.6 is 0 Å². The first kappa shape index (κ1) is 30.6. The maximum absolute atomic E-state index is 2.48. The van der Waals surface area contributed by atoms with Crippen LogP contribution in [0.25, 0.3) is 88.0 Å². The Morgan fingerprint density at radius 1 is 0.302 bits per heavy atom. The zero-order valence-electron chi connectivity index (χ0n) is 30.9. The van der Waals surface area contributed by atoms with Crippen LogP contribution in [0.15, 0.2) is 152 Å². The predicted molar refractivity (Wildman–Crippen MR) is 226 cm³/mol. The number of hydrogen-bond acceptors (Lipinski definition) is 0. The van der Waals surface area contributed by atoms with Crippen LogP contribution in [0.4, 0.5) is 0 Å². The molecule has 0 amide bonds. The van der Waals surface area contributed by atoms with Gasteiger partial charge in [-0.3, -0.25) is 0 Å². The van der Waals surface area contributed by atoms with Gasteiger partial charge in [0.05, 0.1) is 0 Å². The van der Waals surface area contributed by atoms with Crippen LogP contribution < -0.4 is 0 Å². The summed E-state index contributed by atoms with van der Waals surface area (Å²) in [6.45, 7) is 11.8. The van der Waals surface area contributed by atoms with E-state index in [-0.39, 0.29) is 10.8 Å². The Hall–Kier alpha value is -5.98. The molecular weight excluding hydrogens is 637 g/mol. The molecule has 0 aliphatic heterocycles. The summed E-state index contributed by atoms with van der Waals surface area (Å²) in [7, 11) is 0. The lowest BCUT2D eigenvalue weighted by Gasteiger charge is -2.24. The first-order valence-corrected chi connectivity index (χ1v) is 19.0. The van der Waals surface area contributed by atoms with Crippen molar-refractivity contribution in [2.75, 3.05) is 0 Å². The Labute approximate surface area is 311 Å². The quantitative estimate of drug-likeness (QED) is 0.163. The summed E-state index contributed by atoms with van der Waals surface area (Å²) in [6.07, 6.45) is 0. The zero-order chi connectivity index (χ0) is 35.8.